The molecule has 8 heteroatoms. The predicted octanol–water partition coefficient (Wildman–Crippen LogP) is 3.43. The number of hydrogen-bond acceptors (Lipinski definition) is 5. The standard InChI is InChI=1S/C18H22N4OS.2ClH/c1-12-16(24-17(21-12)15-4-2-3-7-20-15)18(23)22-8-5-13-10-19-11-14(13)6-9-22;;/h2-4,7,13-14,19H,5-6,8-11H2,1H3;2*1H/t13-,14+;;. The number of halogens is 2. The maximum Gasteiger partial charge on any atom is 0.265 e. The van der Waals surface area contributed by atoms with E-state index in [4.69, 9.17) is 0 Å². The molecule has 2 aliphatic rings. The third-order valence-electron chi connectivity index (χ3n) is 5.18. The van der Waals surface area contributed by atoms with E-state index in [1.54, 1.807) is 6.20 Å². The third kappa shape index (κ3) is 4.19. The molecular weight excluding hydrogens is 391 g/mol. The smallest absolute Gasteiger partial charge is 0.265 e. The highest BCUT2D eigenvalue weighted by Gasteiger charge is 2.32. The molecule has 0 aromatic carbocycles. The molecule has 0 unspecified atom stereocenters. The van der Waals surface area contributed by atoms with Crippen molar-refractivity contribution >= 4 is 42.1 Å². The van der Waals surface area contributed by atoms with E-state index in [0.29, 0.717) is 0 Å². The minimum atomic E-state index is 0. The van der Waals surface area contributed by atoms with Crippen molar-refractivity contribution in [3.05, 3.63) is 35.0 Å². The Balaban J connectivity index is 0.00000121. The molecule has 4 rings (SSSR count). The summed E-state index contributed by atoms with van der Waals surface area (Å²) < 4.78 is 0. The number of hydrogen-bond donors (Lipinski definition) is 1. The Hall–Kier alpha value is -1.21. The van der Waals surface area contributed by atoms with Crippen LogP contribution in [0.3, 0.4) is 0 Å². The molecule has 0 spiro atoms. The number of carbonyl (C=O) groups excluding carboxylic acids is 1. The van der Waals surface area contributed by atoms with Crippen LogP contribution in [0.4, 0.5) is 0 Å². The summed E-state index contributed by atoms with van der Waals surface area (Å²) in [6.07, 6.45) is 3.97. The van der Waals surface area contributed by atoms with Crippen LogP contribution in [0.2, 0.25) is 0 Å². The first kappa shape index (κ1) is 21.1. The van der Waals surface area contributed by atoms with Gasteiger partial charge in [-0.1, -0.05) is 6.07 Å². The molecule has 142 valence electrons. The molecular formula is C18H24Cl2N4OS. The van der Waals surface area contributed by atoms with Gasteiger partial charge in [0.15, 0.2) is 0 Å². The highest BCUT2D eigenvalue weighted by Crippen LogP contribution is 2.30. The molecule has 4 heterocycles. The topological polar surface area (TPSA) is 58.1 Å². The summed E-state index contributed by atoms with van der Waals surface area (Å²) in [5.41, 5.74) is 1.65. The summed E-state index contributed by atoms with van der Waals surface area (Å²) in [4.78, 5) is 24.7. The highest BCUT2D eigenvalue weighted by atomic mass is 35.5. The predicted molar refractivity (Wildman–Crippen MR) is 110 cm³/mol. The van der Waals surface area contributed by atoms with Gasteiger partial charge in [0.2, 0.25) is 0 Å². The van der Waals surface area contributed by atoms with Gasteiger partial charge in [-0.15, -0.1) is 36.2 Å². The molecule has 5 nitrogen and oxygen atoms in total. The van der Waals surface area contributed by atoms with Crippen molar-refractivity contribution in [2.75, 3.05) is 26.2 Å². The average molecular weight is 415 g/mol. The lowest BCUT2D eigenvalue weighted by molar-refractivity contribution is 0.0762. The number of thiazole rings is 1. The van der Waals surface area contributed by atoms with Crippen LogP contribution in [-0.4, -0.2) is 47.0 Å². The Morgan fingerprint density at radius 2 is 1.88 bits per heavy atom. The number of likely N-dealkylation sites (tertiary alicyclic amines) is 1. The van der Waals surface area contributed by atoms with Crippen LogP contribution in [0.5, 0.6) is 0 Å². The highest BCUT2D eigenvalue weighted by molar-refractivity contribution is 7.17. The number of aromatic nitrogens is 2. The van der Waals surface area contributed by atoms with Gasteiger partial charge in [0.05, 0.1) is 11.4 Å². The molecule has 2 aromatic rings. The fraction of sp³-hybridized carbons (Fsp3) is 0.500. The monoisotopic (exact) mass is 414 g/mol. The van der Waals surface area contributed by atoms with E-state index in [0.717, 1.165) is 72.1 Å². The maximum absolute atomic E-state index is 13.0. The molecule has 2 aromatic heterocycles. The Kier molecular flexibility index (Phi) is 7.41. The Labute approximate surface area is 170 Å². The van der Waals surface area contributed by atoms with Crippen LogP contribution >= 0.6 is 36.2 Å². The summed E-state index contributed by atoms with van der Waals surface area (Å²) in [7, 11) is 0. The van der Waals surface area contributed by atoms with E-state index >= 15 is 0 Å². The summed E-state index contributed by atoms with van der Waals surface area (Å²) in [5, 5.41) is 4.31. The Bertz CT molecular complexity index is 726. The number of nitrogens with one attached hydrogen (secondary N) is 1. The largest absolute Gasteiger partial charge is 0.338 e. The van der Waals surface area contributed by atoms with Crippen LogP contribution in [0, 0.1) is 18.8 Å². The van der Waals surface area contributed by atoms with Crippen molar-refractivity contribution in [3.8, 4) is 10.7 Å². The zero-order valence-electron chi connectivity index (χ0n) is 14.7. The van der Waals surface area contributed by atoms with E-state index in [2.05, 4.69) is 15.3 Å². The van der Waals surface area contributed by atoms with Crippen molar-refractivity contribution < 1.29 is 4.79 Å². The Morgan fingerprint density at radius 1 is 1.19 bits per heavy atom. The molecule has 1 amide bonds. The molecule has 2 atom stereocenters. The lowest BCUT2D eigenvalue weighted by Gasteiger charge is -2.20. The van der Waals surface area contributed by atoms with E-state index in [-0.39, 0.29) is 30.7 Å². The zero-order chi connectivity index (χ0) is 16.5. The van der Waals surface area contributed by atoms with Gasteiger partial charge in [0.25, 0.3) is 5.91 Å². The quantitative estimate of drug-likeness (QED) is 0.817. The SMILES string of the molecule is Cc1nc(-c2ccccn2)sc1C(=O)N1CC[C@@H]2CNC[C@@H]2CC1.Cl.Cl. The summed E-state index contributed by atoms with van der Waals surface area (Å²) in [5.74, 6) is 1.60. The first-order chi connectivity index (χ1) is 11.7. The van der Waals surface area contributed by atoms with Gasteiger partial charge in [-0.25, -0.2) is 4.98 Å². The molecule has 0 radical (unpaired) electrons. The number of nitrogens with zero attached hydrogens (tertiary/aromatic N) is 3. The van der Waals surface area contributed by atoms with E-state index in [1.807, 2.05) is 30.0 Å². The second-order valence-electron chi connectivity index (χ2n) is 6.70. The molecule has 2 saturated heterocycles. The number of rotatable bonds is 2. The second kappa shape index (κ2) is 9.13. The number of pyridine rings is 1. The number of fused-ring (bicyclic) bond motifs is 1. The minimum absolute atomic E-state index is 0. The number of amides is 1. The fourth-order valence-electron chi connectivity index (χ4n) is 3.76. The van der Waals surface area contributed by atoms with Crippen molar-refractivity contribution in [3.63, 3.8) is 0 Å². The van der Waals surface area contributed by atoms with E-state index in [9.17, 15) is 4.79 Å². The van der Waals surface area contributed by atoms with Gasteiger partial charge in [0.1, 0.15) is 9.88 Å². The fourth-order valence-corrected chi connectivity index (χ4v) is 4.77. The van der Waals surface area contributed by atoms with Crippen LogP contribution in [0.1, 0.15) is 28.2 Å². The van der Waals surface area contributed by atoms with Crippen LogP contribution in [0.15, 0.2) is 24.4 Å². The third-order valence-corrected chi connectivity index (χ3v) is 6.35. The molecule has 2 fully saturated rings. The first-order valence-electron chi connectivity index (χ1n) is 8.61. The molecule has 1 N–H and O–H groups in total. The number of carbonyl (C=O) groups is 1. The minimum Gasteiger partial charge on any atom is -0.338 e. The van der Waals surface area contributed by atoms with E-state index in [1.165, 1.54) is 11.3 Å². The van der Waals surface area contributed by atoms with Crippen LogP contribution in [-0.2, 0) is 0 Å². The van der Waals surface area contributed by atoms with Crippen LogP contribution in [0.25, 0.3) is 10.7 Å². The lowest BCUT2D eigenvalue weighted by atomic mass is 9.92. The normalized spacial score (nSPS) is 22.0. The van der Waals surface area contributed by atoms with Crippen molar-refractivity contribution in [2.24, 2.45) is 11.8 Å². The van der Waals surface area contributed by atoms with Crippen molar-refractivity contribution in [2.45, 2.75) is 19.8 Å². The van der Waals surface area contributed by atoms with Gasteiger partial charge >= 0.3 is 0 Å². The van der Waals surface area contributed by atoms with Gasteiger partial charge in [-0.3, -0.25) is 9.78 Å². The Morgan fingerprint density at radius 3 is 2.50 bits per heavy atom. The summed E-state index contributed by atoms with van der Waals surface area (Å²) in [6.45, 7) is 5.86. The van der Waals surface area contributed by atoms with Gasteiger partial charge in [-0.2, -0.15) is 0 Å². The van der Waals surface area contributed by atoms with Crippen molar-refractivity contribution in [1.29, 1.82) is 0 Å². The number of aryl methyl sites for hydroxylation is 1. The molecule has 0 saturated carbocycles. The maximum atomic E-state index is 13.0. The zero-order valence-corrected chi connectivity index (χ0v) is 17.1. The molecule has 26 heavy (non-hydrogen) atoms. The van der Waals surface area contributed by atoms with Gasteiger partial charge < -0.3 is 10.2 Å². The lowest BCUT2D eigenvalue weighted by Crippen LogP contribution is -2.32. The molecule has 0 aliphatic carbocycles. The summed E-state index contributed by atoms with van der Waals surface area (Å²) >= 11 is 1.47. The average Bonchev–Trinajstić information content (AvgIpc) is 3.17. The van der Waals surface area contributed by atoms with Crippen molar-refractivity contribution in [1.82, 2.24) is 20.2 Å². The van der Waals surface area contributed by atoms with Crippen LogP contribution < -0.4 is 5.32 Å². The molecule has 2 aliphatic heterocycles. The second-order valence-corrected chi connectivity index (χ2v) is 7.70. The molecule has 0 bridgehead atoms. The first-order valence-corrected chi connectivity index (χ1v) is 9.43. The summed E-state index contributed by atoms with van der Waals surface area (Å²) in [6, 6.07) is 5.77. The van der Waals surface area contributed by atoms with Gasteiger partial charge in [0, 0.05) is 19.3 Å². The van der Waals surface area contributed by atoms with Gasteiger partial charge in [-0.05, 0) is 56.8 Å². The van der Waals surface area contributed by atoms with E-state index < -0.39 is 0 Å².